The molecule has 1 heterocycles. The zero-order valence-corrected chi connectivity index (χ0v) is 22.3. The van der Waals surface area contributed by atoms with Gasteiger partial charge in [0.25, 0.3) is 5.56 Å². The number of thiocarbonyl (C=S) groups is 1. The van der Waals surface area contributed by atoms with Crippen LogP contribution in [-0.4, -0.2) is 77.2 Å². The Hall–Kier alpha value is -1.96. The number of hydrogen-bond donors (Lipinski definition) is 2. The molecule has 0 saturated heterocycles. The lowest BCUT2D eigenvalue weighted by Crippen LogP contribution is -2.44. The Bertz CT molecular complexity index is 950. The summed E-state index contributed by atoms with van der Waals surface area (Å²) in [5.74, 6) is 0. The molecule has 1 aromatic carbocycles. The second-order valence-corrected chi connectivity index (χ2v) is 9.09. The number of benzene rings is 1. The monoisotopic (exact) mass is 473 g/mol. The summed E-state index contributed by atoms with van der Waals surface area (Å²) in [5, 5.41) is 5.23. The predicted molar refractivity (Wildman–Crippen MR) is 145 cm³/mol. The van der Waals surface area contributed by atoms with Crippen LogP contribution in [-0.2, 0) is 6.54 Å². The lowest BCUT2D eigenvalue weighted by Gasteiger charge is -2.29. The minimum atomic E-state index is -0.0390. The van der Waals surface area contributed by atoms with E-state index in [9.17, 15) is 4.79 Å². The van der Waals surface area contributed by atoms with Gasteiger partial charge in [-0.2, -0.15) is 0 Å². The van der Waals surface area contributed by atoms with E-state index in [4.69, 9.17) is 12.2 Å². The first-order valence-corrected chi connectivity index (χ1v) is 12.8. The standard InChI is InChI=1S/C26H43N5OS/c1-7-29(8-2)13-11-12-27-26(33)31(15-14-30(9-3)10-4)19-23-18-22-16-20(5)21(6)17-24(22)28-25(23)32/h16-18H,7-15,19H2,1-6H3,(H,27,33)(H,28,32). The van der Waals surface area contributed by atoms with E-state index >= 15 is 0 Å². The van der Waals surface area contributed by atoms with E-state index in [-0.39, 0.29) is 5.56 Å². The van der Waals surface area contributed by atoms with Crippen LogP contribution in [0.25, 0.3) is 10.9 Å². The topological polar surface area (TPSA) is 54.6 Å². The van der Waals surface area contributed by atoms with E-state index in [2.05, 4.69) is 78.7 Å². The maximum Gasteiger partial charge on any atom is 0.253 e. The molecular weight excluding hydrogens is 430 g/mol. The van der Waals surface area contributed by atoms with Gasteiger partial charge < -0.3 is 25.0 Å². The van der Waals surface area contributed by atoms with Gasteiger partial charge in [-0.05, 0) is 99.9 Å². The van der Waals surface area contributed by atoms with Crippen molar-refractivity contribution in [2.75, 3.05) is 52.4 Å². The van der Waals surface area contributed by atoms with Gasteiger partial charge in [-0.1, -0.05) is 27.7 Å². The molecule has 1 aromatic heterocycles. The third-order valence-electron chi connectivity index (χ3n) is 6.59. The molecular formula is C26H43N5OS. The van der Waals surface area contributed by atoms with Gasteiger partial charge in [0.15, 0.2) is 5.11 Å². The first kappa shape index (κ1) is 27.3. The average molecular weight is 474 g/mol. The van der Waals surface area contributed by atoms with Crippen LogP contribution in [0.2, 0.25) is 0 Å². The van der Waals surface area contributed by atoms with Crippen molar-refractivity contribution in [1.29, 1.82) is 0 Å². The van der Waals surface area contributed by atoms with Crippen LogP contribution >= 0.6 is 12.2 Å². The van der Waals surface area contributed by atoms with E-state index in [1.165, 1.54) is 11.1 Å². The Kier molecular flexibility index (Phi) is 11.3. The van der Waals surface area contributed by atoms with Crippen LogP contribution in [0.1, 0.15) is 50.8 Å². The number of likely N-dealkylation sites (N-methyl/N-ethyl adjacent to an activating group) is 1. The SMILES string of the molecule is CCN(CC)CCCNC(=S)N(CCN(CC)CC)Cc1cc2cc(C)c(C)cc2[nH]c1=O. The molecule has 0 saturated carbocycles. The lowest BCUT2D eigenvalue weighted by atomic mass is 10.0. The van der Waals surface area contributed by atoms with Crippen LogP contribution in [0.15, 0.2) is 23.0 Å². The minimum absolute atomic E-state index is 0.0390. The molecule has 0 aliphatic rings. The van der Waals surface area contributed by atoms with Crippen molar-refractivity contribution in [2.45, 2.75) is 54.5 Å². The second kappa shape index (κ2) is 13.7. The zero-order valence-electron chi connectivity index (χ0n) is 21.5. The number of aromatic nitrogens is 1. The van der Waals surface area contributed by atoms with Crippen molar-refractivity contribution in [3.8, 4) is 0 Å². The minimum Gasteiger partial charge on any atom is -0.363 e. The third-order valence-corrected chi connectivity index (χ3v) is 6.99. The van der Waals surface area contributed by atoms with Gasteiger partial charge in [0.1, 0.15) is 0 Å². The molecule has 0 bridgehead atoms. The summed E-state index contributed by atoms with van der Waals surface area (Å²) in [5.41, 5.74) is 4.00. The number of hydrogen-bond acceptors (Lipinski definition) is 4. The molecule has 0 unspecified atom stereocenters. The van der Waals surface area contributed by atoms with Crippen LogP contribution in [0, 0.1) is 13.8 Å². The van der Waals surface area contributed by atoms with Gasteiger partial charge in [0.2, 0.25) is 0 Å². The Morgan fingerprint density at radius 2 is 1.52 bits per heavy atom. The molecule has 0 spiro atoms. The molecule has 6 nitrogen and oxygen atoms in total. The normalized spacial score (nSPS) is 11.5. The zero-order chi connectivity index (χ0) is 24.4. The molecule has 0 amide bonds. The Morgan fingerprint density at radius 3 is 2.15 bits per heavy atom. The fraction of sp³-hybridized carbons (Fsp3) is 0.615. The van der Waals surface area contributed by atoms with Crippen molar-refractivity contribution in [3.05, 3.63) is 45.2 Å². The van der Waals surface area contributed by atoms with Crippen molar-refractivity contribution >= 4 is 28.2 Å². The second-order valence-electron chi connectivity index (χ2n) is 8.71. The fourth-order valence-corrected chi connectivity index (χ4v) is 4.31. The Morgan fingerprint density at radius 1 is 0.909 bits per heavy atom. The third kappa shape index (κ3) is 8.09. The number of H-pyrrole nitrogens is 1. The molecule has 2 N–H and O–H groups in total. The number of nitrogens with zero attached hydrogens (tertiary/aromatic N) is 3. The van der Waals surface area contributed by atoms with Crippen molar-refractivity contribution in [3.63, 3.8) is 0 Å². The molecule has 0 radical (unpaired) electrons. The van der Waals surface area contributed by atoms with Gasteiger partial charge >= 0.3 is 0 Å². The molecule has 7 heteroatoms. The highest BCUT2D eigenvalue weighted by Gasteiger charge is 2.15. The highest BCUT2D eigenvalue weighted by atomic mass is 32.1. The molecule has 184 valence electrons. The summed E-state index contributed by atoms with van der Waals surface area (Å²) < 4.78 is 0. The van der Waals surface area contributed by atoms with Gasteiger partial charge in [-0.25, -0.2) is 0 Å². The van der Waals surface area contributed by atoms with Gasteiger partial charge in [-0.3, -0.25) is 4.79 Å². The maximum absolute atomic E-state index is 12.9. The summed E-state index contributed by atoms with van der Waals surface area (Å²) in [6, 6.07) is 6.22. The number of pyridine rings is 1. The Labute approximate surface area is 205 Å². The van der Waals surface area contributed by atoms with Gasteiger partial charge in [-0.15, -0.1) is 0 Å². The highest BCUT2D eigenvalue weighted by Crippen LogP contribution is 2.18. The largest absolute Gasteiger partial charge is 0.363 e. The number of aryl methyl sites for hydroxylation is 2. The summed E-state index contributed by atoms with van der Waals surface area (Å²) in [7, 11) is 0. The molecule has 2 aromatic rings. The van der Waals surface area contributed by atoms with Crippen molar-refractivity contribution < 1.29 is 0 Å². The summed E-state index contributed by atoms with van der Waals surface area (Å²) in [6.07, 6.45) is 1.04. The van der Waals surface area contributed by atoms with E-state index in [0.29, 0.717) is 6.54 Å². The highest BCUT2D eigenvalue weighted by molar-refractivity contribution is 7.80. The van der Waals surface area contributed by atoms with E-state index < -0.39 is 0 Å². The average Bonchev–Trinajstić information content (AvgIpc) is 2.80. The molecule has 0 atom stereocenters. The molecule has 0 fully saturated rings. The van der Waals surface area contributed by atoms with Crippen LogP contribution in [0.4, 0.5) is 0 Å². The number of rotatable bonds is 13. The number of fused-ring (bicyclic) bond motifs is 1. The van der Waals surface area contributed by atoms with Gasteiger partial charge in [0, 0.05) is 30.7 Å². The van der Waals surface area contributed by atoms with E-state index in [1.54, 1.807) is 0 Å². The van der Waals surface area contributed by atoms with Crippen LogP contribution < -0.4 is 10.9 Å². The lowest BCUT2D eigenvalue weighted by molar-refractivity contribution is 0.262. The summed E-state index contributed by atoms with van der Waals surface area (Å²) in [6.45, 7) is 21.2. The van der Waals surface area contributed by atoms with E-state index in [1.807, 2.05) is 6.07 Å². The molecule has 0 aliphatic heterocycles. The maximum atomic E-state index is 12.9. The fourth-order valence-electron chi connectivity index (χ4n) is 4.05. The Balaban J connectivity index is 2.15. The number of aromatic amines is 1. The van der Waals surface area contributed by atoms with Crippen LogP contribution in [0.3, 0.4) is 0 Å². The smallest absolute Gasteiger partial charge is 0.253 e. The quantitative estimate of drug-likeness (QED) is 0.340. The van der Waals surface area contributed by atoms with E-state index in [0.717, 1.165) is 80.4 Å². The van der Waals surface area contributed by atoms with Gasteiger partial charge in [0.05, 0.1) is 6.54 Å². The summed E-state index contributed by atoms with van der Waals surface area (Å²) >= 11 is 5.78. The first-order valence-electron chi connectivity index (χ1n) is 12.4. The van der Waals surface area contributed by atoms with Crippen molar-refractivity contribution in [2.24, 2.45) is 0 Å². The van der Waals surface area contributed by atoms with Crippen LogP contribution in [0.5, 0.6) is 0 Å². The summed E-state index contributed by atoms with van der Waals surface area (Å²) in [4.78, 5) is 22.9. The first-order chi connectivity index (χ1) is 15.8. The molecule has 2 rings (SSSR count). The predicted octanol–water partition coefficient (Wildman–Crippen LogP) is 3.90. The molecule has 0 aliphatic carbocycles. The molecule has 33 heavy (non-hydrogen) atoms. The number of nitrogens with one attached hydrogen (secondary N) is 2. The van der Waals surface area contributed by atoms with Crippen molar-refractivity contribution in [1.82, 2.24) is 25.0 Å².